The number of nitrogens with zero attached hydrogens (tertiary/aromatic N) is 5. The highest BCUT2D eigenvalue weighted by Gasteiger charge is 2.15. The molecule has 4 aromatic rings. The lowest BCUT2D eigenvalue weighted by atomic mass is 10.1. The van der Waals surface area contributed by atoms with Crippen LogP contribution in [0.5, 0.6) is 5.88 Å². The summed E-state index contributed by atoms with van der Waals surface area (Å²) in [6.07, 6.45) is 5.52. The molecule has 8 heteroatoms. The molecule has 1 aliphatic heterocycles. The van der Waals surface area contributed by atoms with Gasteiger partial charge >= 0.3 is 0 Å². The van der Waals surface area contributed by atoms with E-state index in [1.165, 1.54) is 5.69 Å². The first kappa shape index (κ1) is 20.4. The van der Waals surface area contributed by atoms with Crippen molar-refractivity contribution in [1.29, 1.82) is 0 Å². The summed E-state index contributed by atoms with van der Waals surface area (Å²) in [7, 11) is 2.17. The quantitative estimate of drug-likeness (QED) is 0.486. The zero-order chi connectivity index (χ0) is 21.9. The number of aromatic amines is 1. The largest absolute Gasteiger partial charge is 0.476 e. The fourth-order valence-electron chi connectivity index (χ4n) is 3.95. The Kier molecular flexibility index (Phi) is 5.70. The average Bonchev–Trinajstić information content (AvgIpc) is 3.27. The molecular weight excluding hydrogens is 402 g/mol. The number of hydrogen-bond acceptors (Lipinski definition) is 7. The maximum Gasteiger partial charge on any atom is 0.213 e. The summed E-state index contributed by atoms with van der Waals surface area (Å²) in [5, 5.41) is 0. The summed E-state index contributed by atoms with van der Waals surface area (Å²) in [5.41, 5.74) is 12.1. The predicted molar refractivity (Wildman–Crippen MR) is 127 cm³/mol. The molecule has 3 N–H and O–H groups in total. The number of nitrogens with two attached hydrogens (primary N) is 1. The van der Waals surface area contributed by atoms with Crippen molar-refractivity contribution >= 4 is 16.9 Å². The van der Waals surface area contributed by atoms with E-state index in [0.29, 0.717) is 19.0 Å². The van der Waals surface area contributed by atoms with Crippen LogP contribution < -0.4 is 15.4 Å². The summed E-state index contributed by atoms with van der Waals surface area (Å²) in [4.78, 5) is 21.9. The van der Waals surface area contributed by atoms with Gasteiger partial charge in [-0.05, 0) is 25.2 Å². The Labute approximate surface area is 187 Å². The van der Waals surface area contributed by atoms with E-state index in [2.05, 4.69) is 56.1 Å². The number of anilines is 1. The number of hydrogen-bond donors (Lipinski definition) is 2. The van der Waals surface area contributed by atoms with Crippen LogP contribution in [0.3, 0.4) is 0 Å². The van der Waals surface area contributed by atoms with Gasteiger partial charge in [-0.15, -0.1) is 0 Å². The smallest absolute Gasteiger partial charge is 0.213 e. The summed E-state index contributed by atoms with van der Waals surface area (Å²) in [5.74, 6) is 0.561. The Bertz CT molecular complexity index is 1180. The normalized spacial score (nSPS) is 14.8. The first-order valence-electron chi connectivity index (χ1n) is 10.9. The van der Waals surface area contributed by atoms with Crippen LogP contribution in [0.1, 0.15) is 0 Å². The van der Waals surface area contributed by atoms with Gasteiger partial charge in [0.2, 0.25) is 5.88 Å². The number of H-pyrrole nitrogens is 1. The van der Waals surface area contributed by atoms with E-state index in [-0.39, 0.29) is 0 Å². The number of pyridine rings is 1. The summed E-state index contributed by atoms with van der Waals surface area (Å²) < 4.78 is 5.47. The minimum atomic E-state index is 0.446. The van der Waals surface area contributed by atoms with E-state index >= 15 is 0 Å². The molecule has 164 valence electrons. The number of ether oxygens (including phenoxy) is 1. The van der Waals surface area contributed by atoms with Crippen molar-refractivity contribution in [2.24, 2.45) is 5.73 Å². The molecule has 1 saturated heterocycles. The van der Waals surface area contributed by atoms with Crippen LogP contribution in [-0.2, 0) is 0 Å². The Hall–Kier alpha value is -3.49. The van der Waals surface area contributed by atoms with Crippen LogP contribution >= 0.6 is 0 Å². The predicted octanol–water partition coefficient (Wildman–Crippen LogP) is 2.78. The fraction of sp³-hybridized carbons (Fsp3) is 0.292. The molecule has 0 bridgehead atoms. The first-order valence-corrected chi connectivity index (χ1v) is 10.9. The fourth-order valence-corrected chi connectivity index (χ4v) is 3.95. The Balaban J connectivity index is 1.40. The van der Waals surface area contributed by atoms with Crippen molar-refractivity contribution in [3.05, 3.63) is 55.0 Å². The monoisotopic (exact) mass is 429 g/mol. The number of piperazine rings is 1. The van der Waals surface area contributed by atoms with Crippen LogP contribution in [0.4, 0.5) is 5.69 Å². The molecule has 0 unspecified atom stereocenters. The SMILES string of the molecule is CN1CCN(c2ccc(-c3cnc4[nH]cc(-c5ccc(OCCN)nc5)c4n3)cc2)CC1. The highest BCUT2D eigenvalue weighted by atomic mass is 16.5. The van der Waals surface area contributed by atoms with Gasteiger partial charge < -0.3 is 25.3 Å². The van der Waals surface area contributed by atoms with E-state index in [9.17, 15) is 0 Å². The van der Waals surface area contributed by atoms with Gasteiger partial charge in [0.25, 0.3) is 0 Å². The lowest BCUT2D eigenvalue weighted by molar-refractivity contribution is 0.313. The van der Waals surface area contributed by atoms with Crippen LogP contribution in [0, 0.1) is 0 Å². The minimum Gasteiger partial charge on any atom is -0.476 e. The molecule has 4 heterocycles. The summed E-state index contributed by atoms with van der Waals surface area (Å²) >= 11 is 0. The van der Waals surface area contributed by atoms with E-state index in [1.807, 2.05) is 24.5 Å². The Morgan fingerprint density at radius 2 is 1.75 bits per heavy atom. The number of rotatable bonds is 6. The van der Waals surface area contributed by atoms with E-state index < -0.39 is 0 Å². The van der Waals surface area contributed by atoms with Crippen molar-refractivity contribution in [2.75, 3.05) is 51.3 Å². The maximum absolute atomic E-state index is 5.48. The molecule has 1 fully saturated rings. The highest BCUT2D eigenvalue weighted by Crippen LogP contribution is 2.29. The second kappa shape index (κ2) is 8.94. The molecular formula is C24H27N7O. The molecule has 8 nitrogen and oxygen atoms in total. The third-order valence-electron chi connectivity index (χ3n) is 5.83. The molecule has 0 aliphatic carbocycles. The lowest BCUT2D eigenvalue weighted by Gasteiger charge is -2.34. The zero-order valence-electron chi connectivity index (χ0n) is 18.2. The number of likely N-dealkylation sites (N-methyl/N-ethyl adjacent to an activating group) is 1. The second-order valence-electron chi connectivity index (χ2n) is 8.01. The van der Waals surface area contributed by atoms with E-state index in [0.717, 1.165) is 59.7 Å². The van der Waals surface area contributed by atoms with E-state index in [4.69, 9.17) is 15.5 Å². The molecule has 32 heavy (non-hydrogen) atoms. The molecule has 1 aromatic carbocycles. The molecule has 0 saturated carbocycles. The summed E-state index contributed by atoms with van der Waals surface area (Å²) in [6.45, 7) is 5.20. The molecule has 5 rings (SSSR count). The topological polar surface area (TPSA) is 96.2 Å². The van der Waals surface area contributed by atoms with Crippen molar-refractivity contribution in [3.63, 3.8) is 0 Å². The highest BCUT2D eigenvalue weighted by molar-refractivity contribution is 5.91. The van der Waals surface area contributed by atoms with Crippen molar-refractivity contribution in [3.8, 4) is 28.3 Å². The maximum atomic E-state index is 5.48. The van der Waals surface area contributed by atoms with Crippen molar-refractivity contribution < 1.29 is 4.74 Å². The van der Waals surface area contributed by atoms with Crippen molar-refractivity contribution in [2.45, 2.75) is 0 Å². The molecule has 0 atom stereocenters. The van der Waals surface area contributed by atoms with Gasteiger partial charge in [-0.3, -0.25) is 0 Å². The molecule has 3 aromatic heterocycles. The van der Waals surface area contributed by atoms with Crippen LogP contribution in [0.2, 0.25) is 0 Å². The van der Waals surface area contributed by atoms with Crippen LogP contribution in [0.25, 0.3) is 33.5 Å². The molecule has 0 amide bonds. The molecule has 1 aliphatic rings. The number of nitrogens with one attached hydrogen (secondary N) is 1. The lowest BCUT2D eigenvalue weighted by Crippen LogP contribution is -2.44. The van der Waals surface area contributed by atoms with Crippen LogP contribution in [-0.4, -0.2) is 71.2 Å². The van der Waals surface area contributed by atoms with E-state index in [1.54, 1.807) is 6.20 Å². The molecule has 0 spiro atoms. The average molecular weight is 430 g/mol. The van der Waals surface area contributed by atoms with Gasteiger partial charge in [0.05, 0.1) is 11.9 Å². The number of fused-ring (bicyclic) bond motifs is 1. The summed E-state index contributed by atoms with van der Waals surface area (Å²) in [6, 6.07) is 12.4. The second-order valence-corrected chi connectivity index (χ2v) is 8.01. The van der Waals surface area contributed by atoms with Gasteiger partial charge in [-0.25, -0.2) is 15.0 Å². The Morgan fingerprint density at radius 3 is 2.47 bits per heavy atom. The third kappa shape index (κ3) is 4.15. The number of benzene rings is 1. The zero-order valence-corrected chi connectivity index (χ0v) is 18.2. The van der Waals surface area contributed by atoms with Crippen LogP contribution in [0.15, 0.2) is 55.0 Å². The van der Waals surface area contributed by atoms with Gasteiger partial charge in [0, 0.05) is 73.6 Å². The van der Waals surface area contributed by atoms with Gasteiger partial charge in [0.15, 0.2) is 5.65 Å². The Morgan fingerprint density at radius 1 is 0.969 bits per heavy atom. The minimum absolute atomic E-state index is 0.446. The first-order chi connectivity index (χ1) is 15.7. The van der Waals surface area contributed by atoms with Gasteiger partial charge in [-0.1, -0.05) is 12.1 Å². The van der Waals surface area contributed by atoms with Gasteiger partial charge in [-0.2, -0.15) is 0 Å². The number of aromatic nitrogens is 4. The standard InChI is InChI=1S/C24H27N7O/c1-30-9-11-31(12-10-30)19-5-2-17(3-6-19)21-16-28-24-23(29-21)20(15-27-24)18-4-7-22(26-14-18)32-13-8-25/h2-7,14-16H,8-13,25H2,1H3,(H,27,28). The third-order valence-corrected chi connectivity index (χ3v) is 5.83. The van der Waals surface area contributed by atoms with Gasteiger partial charge in [0.1, 0.15) is 12.1 Å². The molecule has 0 radical (unpaired) electrons. The van der Waals surface area contributed by atoms with Crippen molar-refractivity contribution in [1.82, 2.24) is 24.8 Å².